The summed E-state index contributed by atoms with van der Waals surface area (Å²) in [5.41, 5.74) is 5.04. The number of hydrogen-bond donors (Lipinski definition) is 0. The molecule has 0 aliphatic carbocycles. The van der Waals surface area contributed by atoms with Crippen LogP contribution >= 0.6 is 0 Å². The molecule has 3 aromatic rings. The highest BCUT2D eigenvalue weighted by Gasteiger charge is 2.20. The van der Waals surface area contributed by atoms with Gasteiger partial charge in [0.05, 0.1) is 29.0 Å². The van der Waals surface area contributed by atoms with E-state index < -0.39 is 0 Å². The van der Waals surface area contributed by atoms with Crippen molar-refractivity contribution in [2.45, 2.75) is 46.1 Å². The Morgan fingerprint density at radius 3 is 2.75 bits per heavy atom. The largest absolute Gasteiger partial charge is 0.361 e. The molecule has 4 heterocycles. The normalized spacial score (nSPS) is 18.3. The zero-order valence-corrected chi connectivity index (χ0v) is 16.9. The maximum absolute atomic E-state index is 5.30. The quantitative estimate of drug-likeness (QED) is 0.676. The highest BCUT2D eigenvalue weighted by atomic mass is 16.5. The summed E-state index contributed by atoms with van der Waals surface area (Å²) in [5.74, 6) is 1.46. The molecule has 7 nitrogen and oxygen atoms in total. The van der Waals surface area contributed by atoms with E-state index in [4.69, 9.17) is 4.52 Å². The standard InChI is InChI=1S/C21H28N6O/c1-15-21(16(2)28-25-15)20-10-18(22-13-23-20)9-17-5-4-7-27(8-6-17)12-19-11-26(3)14-24-19/h10-11,13-14,17H,4-9,12H2,1-3H3. The Bertz CT molecular complexity index is 911. The van der Waals surface area contributed by atoms with Crippen LogP contribution in [-0.2, 0) is 20.0 Å². The van der Waals surface area contributed by atoms with E-state index in [1.54, 1.807) is 6.33 Å². The van der Waals surface area contributed by atoms with Crippen molar-refractivity contribution in [3.05, 3.63) is 47.8 Å². The summed E-state index contributed by atoms with van der Waals surface area (Å²) in [6.45, 7) is 7.08. The molecule has 7 heteroatoms. The Hall–Kier alpha value is -2.54. The fourth-order valence-electron chi connectivity index (χ4n) is 4.16. The molecular weight excluding hydrogens is 352 g/mol. The minimum absolute atomic E-state index is 0.654. The molecule has 1 fully saturated rings. The summed E-state index contributed by atoms with van der Waals surface area (Å²) in [4.78, 5) is 16.0. The van der Waals surface area contributed by atoms with Crippen LogP contribution in [0.5, 0.6) is 0 Å². The van der Waals surface area contributed by atoms with Gasteiger partial charge < -0.3 is 9.09 Å². The number of imidazole rings is 1. The van der Waals surface area contributed by atoms with Gasteiger partial charge in [0.25, 0.3) is 0 Å². The van der Waals surface area contributed by atoms with Gasteiger partial charge in [0.2, 0.25) is 0 Å². The maximum Gasteiger partial charge on any atom is 0.143 e. The molecule has 148 valence electrons. The van der Waals surface area contributed by atoms with Crippen molar-refractivity contribution in [1.29, 1.82) is 0 Å². The number of likely N-dealkylation sites (tertiary alicyclic amines) is 1. The smallest absolute Gasteiger partial charge is 0.143 e. The first kappa shape index (κ1) is 18.8. The Kier molecular flexibility index (Phi) is 5.52. The van der Waals surface area contributed by atoms with Crippen molar-refractivity contribution in [3.63, 3.8) is 0 Å². The number of nitrogens with zero attached hydrogens (tertiary/aromatic N) is 6. The first-order valence-electron chi connectivity index (χ1n) is 10.0. The first-order valence-corrected chi connectivity index (χ1v) is 10.0. The molecule has 0 radical (unpaired) electrons. The van der Waals surface area contributed by atoms with Crippen LogP contribution < -0.4 is 0 Å². The lowest BCUT2D eigenvalue weighted by molar-refractivity contribution is 0.269. The fourth-order valence-corrected chi connectivity index (χ4v) is 4.16. The summed E-state index contributed by atoms with van der Waals surface area (Å²) >= 11 is 0. The third-order valence-electron chi connectivity index (χ3n) is 5.60. The van der Waals surface area contributed by atoms with Crippen LogP contribution in [-0.4, -0.2) is 42.7 Å². The number of rotatable bonds is 5. The predicted octanol–water partition coefficient (Wildman–Crippen LogP) is 3.33. The number of aromatic nitrogens is 5. The van der Waals surface area contributed by atoms with E-state index in [0.29, 0.717) is 5.92 Å². The van der Waals surface area contributed by atoms with Crippen LogP contribution in [0, 0.1) is 19.8 Å². The minimum atomic E-state index is 0.654. The number of hydrogen-bond acceptors (Lipinski definition) is 6. The molecule has 1 unspecified atom stereocenters. The Labute approximate surface area is 165 Å². The summed E-state index contributed by atoms with van der Waals surface area (Å²) in [7, 11) is 2.02. The van der Waals surface area contributed by atoms with Crippen LogP contribution in [0.15, 0.2) is 29.4 Å². The van der Waals surface area contributed by atoms with Crippen molar-refractivity contribution in [1.82, 2.24) is 29.6 Å². The monoisotopic (exact) mass is 380 g/mol. The summed E-state index contributed by atoms with van der Waals surface area (Å²) < 4.78 is 7.31. The molecule has 0 spiro atoms. The molecular formula is C21H28N6O. The third-order valence-corrected chi connectivity index (χ3v) is 5.60. The van der Waals surface area contributed by atoms with E-state index in [1.807, 2.05) is 31.8 Å². The molecule has 4 rings (SSSR count). The van der Waals surface area contributed by atoms with Crippen LogP contribution in [0.2, 0.25) is 0 Å². The minimum Gasteiger partial charge on any atom is -0.361 e. The molecule has 1 saturated heterocycles. The van der Waals surface area contributed by atoms with Crippen molar-refractivity contribution < 1.29 is 4.52 Å². The molecule has 0 aromatic carbocycles. The molecule has 1 aliphatic heterocycles. The second-order valence-corrected chi connectivity index (χ2v) is 7.90. The molecule has 1 atom stereocenters. The second kappa shape index (κ2) is 8.22. The van der Waals surface area contributed by atoms with E-state index in [-0.39, 0.29) is 0 Å². The van der Waals surface area contributed by atoms with Crippen LogP contribution in [0.1, 0.15) is 42.1 Å². The lowest BCUT2D eigenvalue weighted by Crippen LogP contribution is -2.24. The Morgan fingerprint density at radius 2 is 2.00 bits per heavy atom. The summed E-state index contributed by atoms with van der Waals surface area (Å²) in [5, 5.41) is 4.05. The van der Waals surface area contributed by atoms with Gasteiger partial charge in [-0.15, -0.1) is 0 Å². The van der Waals surface area contributed by atoms with Gasteiger partial charge in [-0.3, -0.25) is 4.90 Å². The Balaban J connectivity index is 1.39. The molecule has 28 heavy (non-hydrogen) atoms. The van der Waals surface area contributed by atoms with Gasteiger partial charge in [0.1, 0.15) is 12.1 Å². The van der Waals surface area contributed by atoms with E-state index >= 15 is 0 Å². The van der Waals surface area contributed by atoms with Gasteiger partial charge in [-0.1, -0.05) is 5.16 Å². The van der Waals surface area contributed by atoms with Crippen LogP contribution in [0.25, 0.3) is 11.3 Å². The van der Waals surface area contributed by atoms with Crippen LogP contribution in [0.4, 0.5) is 0 Å². The van der Waals surface area contributed by atoms with E-state index in [1.165, 1.54) is 19.3 Å². The molecule has 1 aliphatic rings. The molecule has 0 N–H and O–H groups in total. The van der Waals surface area contributed by atoms with Crippen molar-refractivity contribution in [3.8, 4) is 11.3 Å². The maximum atomic E-state index is 5.30. The van der Waals surface area contributed by atoms with Gasteiger partial charge in [-0.05, 0) is 64.6 Å². The fraction of sp³-hybridized carbons (Fsp3) is 0.524. The molecule has 0 saturated carbocycles. The highest BCUT2D eigenvalue weighted by molar-refractivity contribution is 5.63. The molecule has 0 amide bonds. The lowest BCUT2D eigenvalue weighted by Gasteiger charge is -2.19. The first-order chi connectivity index (χ1) is 13.6. The van der Waals surface area contributed by atoms with Gasteiger partial charge >= 0.3 is 0 Å². The summed E-state index contributed by atoms with van der Waals surface area (Å²) in [6.07, 6.45) is 10.3. The van der Waals surface area contributed by atoms with Gasteiger partial charge in [-0.25, -0.2) is 15.0 Å². The van der Waals surface area contributed by atoms with Crippen molar-refractivity contribution in [2.75, 3.05) is 13.1 Å². The SMILES string of the molecule is Cc1noc(C)c1-c1cc(CC2CCCN(Cc3cn(C)cn3)CC2)ncn1. The van der Waals surface area contributed by atoms with Crippen molar-refractivity contribution in [2.24, 2.45) is 13.0 Å². The average molecular weight is 380 g/mol. The molecule has 0 bridgehead atoms. The lowest BCUT2D eigenvalue weighted by atomic mass is 9.94. The Morgan fingerprint density at radius 1 is 1.11 bits per heavy atom. The van der Waals surface area contributed by atoms with Crippen molar-refractivity contribution >= 4 is 0 Å². The van der Waals surface area contributed by atoms with E-state index in [2.05, 4.69) is 37.3 Å². The zero-order chi connectivity index (χ0) is 19.5. The number of aryl methyl sites for hydroxylation is 3. The van der Waals surface area contributed by atoms with E-state index in [0.717, 1.165) is 60.2 Å². The summed E-state index contributed by atoms with van der Waals surface area (Å²) in [6, 6.07) is 2.10. The van der Waals surface area contributed by atoms with Gasteiger partial charge in [0.15, 0.2) is 0 Å². The second-order valence-electron chi connectivity index (χ2n) is 7.90. The van der Waals surface area contributed by atoms with Gasteiger partial charge in [0, 0.05) is 25.5 Å². The van der Waals surface area contributed by atoms with Gasteiger partial charge in [-0.2, -0.15) is 0 Å². The highest BCUT2D eigenvalue weighted by Crippen LogP contribution is 2.27. The zero-order valence-electron chi connectivity index (χ0n) is 16.9. The molecule has 3 aromatic heterocycles. The predicted molar refractivity (Wildman–Crippen MR) is 107 cm³/mol. The average Bonchev–Trinajstić information content (AvgIpc) is 3.15. The third kappa shape index (κ3) is 4.30. The van der Waals surface area contributed by atoms with Crippen LogP contribution in [0.3, 0.4) is 0 Å². The topological polar surface area (TPSA) is 72.9 Å². The van der Waals surface area contributed by atoms with E-state index in [9.17, 15) is 0 Å².